The Kier molecular flexibility index (Phi) is 4.16. The summed E-state index contributed by atoms with van der Waals surface area (Å²) in [5.41, 5.74) is 9.91. The molecule has 0 atom stereocenters. The molecule has 1 heterocycles. The lowest BCUT2D eigenvalue weighted by atomic mass is 9.67. The highest BCUT2D eigenvalue weighted by Gasteiger charge is 2.39. The number of hydrazine groups is 1. The summed E-state index contributed by atoms with van der Waals surface area (Å²) in [6, 6.07) is 6.05. The van der Waals surface area contributed by atoms with Crippen molar-refractivity contribution >= 4 is 17.3 Å². The lowest BCUT2D eigenvalue weighted by Crippen LogP contribution is -2.40. The van der Waals surface area contributed by atoms with E-state index in [0.717, 1.165) is 35.4 Å². The van der Waals surface area contributed by atoms with Crippen LogP contribution in [0, 0.1) is 18.3 Å². The first-order valence-electron chi connectivity index (χ1n) is 8.29. The lowest BCUT2D eigenvalue weighted by molar-refractivity contribution is -0.128. The third-order valence-electron chi connectivity index (χ3n) is 5.15. The first kappa shape index (κ1) is 15.7. The first-order chi connectivity index (χ1) is 11.0. The number of allylic oxidation sites excluding steroid dienone is 2. The van der Waals surface area contributed by atoms with Crippen molar-refractivity contribution < 1.29 is 6.22 Å². The Hall–Kier alpha value is -2.23. The van der Waals surface area contributed by atoms with Crippen LogP contribution in [0.25, 0.3) is 5.70 Å². The number of hydrogen-bond acceptors (Lipinski definition) is 3. The van der Waals surface area contributed by atoms with Crippen LogP contribution in [0.15, 0.2) is 36.6 Å². The summed E-state index contributed by atoms with van der Waals surface area (Å²) in [5, 5.41) is 3.11. The molecule has 124 valence electrons. The number of carbonyl (C=O) groups excluding carboxylic acids is 1. The zero-order chi connectivity index (χ0) is 16.4. The monoisotopic (exact) mass is 313 g/mol. The van der Waals surface area contributed by atoms with Crippen molar-refractivity contribution in [2.45, 2.75) is 40.0 Å². The van der Waals surface area contributed by atoms with Gasteiger partial charge in [0, 0.05) is 24.3 Å². The summed E-state index contributed by atoms with van der Waals surface area (Å²) in [7, 11) is 0. The molecule has 4 nitrogen and oxygen atoms in total. The van der Waals surface area contributed by atoms with Gasteiger partial charge in [-0.1, -0.05) is 26.3 Å². The van der Waals surface area contributed by atoms with Crippen molar-refractivity contribution in [2.75, 3.05) is 5.32 Å². The molecule has 0 aromatic heterocycles. The molecule has 1 aromatic carbocycles. The number of nitrogens with one attached hydrogen (secondary N) is 3. The fourth-order valence-electron chi connectivity index (χ4n) is 3.11. The van der Waals surface area contributed by atoms with Crippen LogP contribution in [0.2, 0.25) is 0 Å². The predicted octanol–water partition coefficient (Wildman–Crippen LogP) is 3.97. The summed E-state index contributed by atoms with van der Waals surface area (Å²) in [5.74, 6) is 0.616. The topological polar surface area (TPSA) is 53.2 Å². The minimum atomic E-state index is -0.310. The Morgan fingerprint density at radius 3 is 2.74 bits per heavy atom. The number of rotatable bonds is 4. The van der Waals surface area contributed by atoms with Crippen LogP contribution in [-0.2, 0) is 4.79 Å². The largest absolute Gasteiger partial charge is 0.326 e. The predicted molar refractivity (Wildman–Crippen MR) is 96.4 cm³/mol. The van der Waals surface area contributed by atoms with Gasteiger partial charge in [-0.25, -0.2) is 0 Å². The highest BCUT2D eigenvalue weighted by Crippen LogP contribution is 2.42. The maximum Gasteiger partial charge on any atom is 0.230 e. The highest BCUT2D eigenvalue weighted by molar-refractivity contribution is 5.95. The Morgan fingerprint density at radius 1 is 1.35 bits per heavy atom. The fraction of sp³-hybridized carbons (Fsp3) is 0.421. The highest BCUT2D eigenvalue weighted by atomic mass is 16.2. The SMILES string of the molecule is Cc1ccc(NC(=O)C(C)(C)C2CCC2)cc1C1=CC=CNN1.[HH]. The average Bonchev–Trinajstić information content (AvgIpc) is 2.48. The minimum Gasteiger partial charge on any atom is -0.326 e. The Labute approximate surface area is 139 Å². The van der Waals surface area contributed by atoms with Gasteiger partial charge in [0.2, 0.25) is 5.91 Å². The van der Waals surface area contributed by atoms with E-state index in [4.69, 9.17) is 0 Å². The second kappa shape index (κ2) is 6.11. The van der Waals surface area contributed by atoms with Crippen LogP contribution in [0.4, 0.5) is 5.69 Å². The minimum absolute atomic E-state index is 0. The molecule has 0 saturated heterocycles. The lowest BCUT2D eigenvalue weighted by Gasteiger charge is -2.39. The van der Waals surface area contributed by atoms with Gasteiger partial charge in [-0.2, -0.15) is 0 Å². The normalized spacial score (nSPS) is 17.6. The standard InChI is InChI=1S/C19H25N3O.H2/c1-13-9-10-15(12-16(13)17-8-5-11-20-22-17)21-18(23)19(2,3)14-6-4-7-14;/h5,8-12,14,20,22H,4,6-7H2,1-3H3,(H,21,23);1H. The van der Waals surface area contributed by atoms with E-state index in [2.05, 4.69) is 36.9 Å². The molecule has 1 saturated carbocycles. The number of hydrogen-bond donors (Lipinski definition) is 3. The van der Waals surface area contributed by atoms with Crippen LogP contribution >= 0.6 is 0 Å². The van der Waals surface area contributed by atoms with Gasteiger partial charge in [0.25, 0.3) is 0 Å². The van der Waals surface area contributed by atoms with E-state index < -0.39 is 0 Å². The second-order valence-corrected chi connectivity index (χ2v) is 7.04. The summed E-state index contributed by atoms with van der Waals surface area (Å²) < 4.78 is 0. The Balaban J connectivity index is 0.00000208. The van der Waals surface area contributed by atoms with Crippen molar-refractivity contribution in [2.24, 2.45) is 11.3 Å². The van der Waals surface area contributed by atoms with E-state index in [1.807, 2.05) is 36.6 Å². The second-order valence-electron chi connectivity index (χ2n) is 7.04. The van der Waals surface area contributed by atoms with Crippen molar-refractivity contribution in [1.29, 1.82) is 0 Å². The van der Waals surface area contributed by atoms with Crippen LogP contribution in [-0.4, -0.2) is 5.91 Å². The molecule has 3 N–H and O–H groups in total. The first-order valence-corrected chi connectivity index (χ1v) is 8.29. The van der Waals surface area contributed by atoms with E-state index >= 15 is 0 Å². The molecule has 1 aliphatic carbocycles. The molecule has 1 fully saturated rings. The van der Waals surface area contributed by atoms with E-state index in [1.165, 1.54) is 6.42 Å². The van der Waals surface area contributed by atoms with Crippen LogP contribution in [0.5, 0.6) is 0 Å². The number of carbonyl (C=O) groups is 1. The van der Waals surface area contributed by atoms with Crippen molar-refractivity contribution in [1.82, 2.24) is 10.9 Å². The maximum atomic E-state index is 12.7. The Morgan fingerprint density at radius 2 is 2.13 bits per heavy atom. The smallest absolute Gasteiger partial charge is 0.230 e. The zero-order valence-electron chi connectivity index (χ0n) is 14.1. The summed E-state index contributed by atoms with van der Waals surface area (Å²) in [4.78, 5) is 12.7. The van der Waals surface area contributed by atoms with Gasteiger partial charge in [0.1, 0.15) is 0 Å². The van der Waals surface area contributed by atoms with Gasteiger partial charge in [-0.3, -0.25) is 4.79 Å². The number of anilines is 1. The molecule has 4 heteroatoms. The molecule has 0 bridgehead atoms. The third-order valence-corrected chi connectivity index (χ3v) is 5.15. The number of amides is 1. The van der Waals surface area contributed by atoms with Crippen LogP contribution < -0.4 is 16.2 Å². The number of aryl methyl sites for hydroxylation is 1. The quantitative estimate of drug-likeness (QED) is 0.788. The average molecular weight is 313 g/mol. The van der Waals surface area contributed by atoms with Crippen LogP contribution in [0.1, 0.15) is 45.7 Å². The van der Waals surface area contributed by atoms with Gasteiger partial charge < -0.3 is 16.2 Å². The summed E-state index contributed by atoms with van der Waals surface area (Å²) in [6.07, 6.45) is 9.38. The molecular formula is C19H27N3O. The van der Waals surface area contributed by atoms with Gasteiger partial charge >= 0.3 is 0 Å². The summed E-state index contributed by atoms with van der Waals surface area (Å²) in [6.45, 7) is 6.18. The van der Waals surface area contributed by atoms with Gasteiger partial charge in [0.05, 0.1) is 5.70 Å². The van der Waals surface area contributed by atoms with Gasteiger partial charge in [-0.15, -0.1) is 0 Å². The van der Waals surface area contributed by atoms with E-state index in [-0.39, 0.29) is 12.7 Å². The zero-order valence-corrected chi connectivity index (χ0v) is 14.1. The third kappa shape index (κ3) is 3.11. The molecule has 0 spiro atoms. The van der Waals surface area contributed by atoms with Gasteiger partial charge in [-0.05, 0) is 55.5 Å². The van der Waals surface area contributed by atoms with Gasteiger partial charge in [0.15, 0.2) is 0 Å². The van der Waals surface area contributed by atoms with E-state index in [9.17, 15) is 4.79 Å². The molecular weight excluding hydrogens is 286 g/mol. The molecule has 1 amide bonds. The fourth-order valence-corrected chi connectivity index (χ4v) is 3.11. The molecule has 1 aliphatic heterocycles. The molecule has 0 radical (unpaired) electrons. The summed E-state index contributed by atoms with van der Waals surface area (Å²) >= 11 is 0. The van der Waals surface area contributed by atoms with E-state index in [1.54, 1.807) is 0 Å². The van der Waals surface area contributed by atoms with Crippen molar-refractivity contribution in [3.05, 3.63) is 47.7 Å². The van der Waals surface area contributed by atoms with Crippen molar-refractivity contribution in [3.63, 3.8) is 0 Å². The van der Waals surface area contributed by atoms with Crippen LogP contribution in [0.3, 0.4) is 0 Å². The number of benzene rings is 1. The van der Waals surface area contributed by atoms with Crippen molar-refractivity contribution in [3.8, 4) is 0 Å². The van der Waals surface area contributed by atoms with E-state index in [0.29, 0.717) is 5.92 Å². The maximum absolute atomic E-state index is 12.7. The molecule has 3 rings (SSSR count). The molecule has 1 aromatic rings. The Bertz CT molecular complexity index is 675. The molecule has 2 aliphatic rings. The molecule has 0 unspecified atom stereocenters. The molecule has 23 heavy (non-hydrogen) atoms.